The molecule has 2 aromatic carbocycles. The van der Waals surface area contributed by atoms with E-state index in [2.05, 4.69) is 0 Å². The zero-order chi connectivity index (χ0) is 16.1. The molecule has 0 fully saturated rings. The number of carbonyl (C=O) groups is 1. The number of nitrogens with two attached hydrogens (primary N) is 1. The lowest BCUT2D eigenvalue weighted by Gasteiger charge is -2.15. The lowest BCUT2D eigenvalue weighted by atomic mass is 10.0. The molecule has 1 unspecified atom stereocenters. The minimum atomic E-state index is -0.982. The first-order valence-electron chi connectivity index (χ1n) is 6.60. The van der Waals surface area contributed by atoms with Crippen molar-refractivity contribution in [3.8, 4) is 5.75 Å². The Balaban J connectivity index is 2.14. The Bertz CT molecular complexity index is 639. The van der Waals surface area contributed by atoms with Gasteiger partial charge in [0.05, 0.1) is 16.5 Å². The van der Waals surface area contributed by atoms with Crippen LogP contribution in [-0.4, -0.2) is 11.1 Å². The first-order chi connectivity index (χ1) is 10.5. The van der Waals surface area contributed by atoms with Gasteiger partial charge in [-0.3, -0.25) is 4.79 Å². The van der Waals surface area contributed by atoms with Crippen LogP contribution < -0.4 is 10.5 Å². The molecule has 0 aliphatic carbocycles. The number of carboxylic acids is 1. The van der Waals surface area contributed by atoms with Gasteiger partial charge in [0.1, 0.15) is 6.61 Å². The second-order valence-corrected chi connectivity index (χ2v) is 5.61. The molecule has 0 saturated carbocycles. The molecule has 3 N–H and O–H groups in total. The summed E-state index contributed by atoms with van der Waals surface area (Å²) in [6, 6.07) is 12.1. The molecule has 0 spiro atoms. The van der Waals surface area contributed by atoms with E-state index < -0.39 is 12.0 Å². The Kier molecular flexibility index (Phi) is 5.66. The summed E-state index contributed by atoms with van der Waals surface area (Å²) >= 11 is 12.3. The van der Waals surface area contributed by atoms with Gasteiger partial charge in [-0.1, -0.05) is 53.5 Å². The van der Waals surface area contributed by atoms with Gasteiger partial charge in [0, 0.05) is 6.04 Å². The molecule has 22 heavy (non-hydrogen) atoms. The highest BCUT2D eigenvalue weighted by molar-refractivity contribution is 6.37. The molecule has 2 rings (SSSR count). The Morgan fingerprint density at radius 2 is 1.77 bits per heavy atom. The van der Waals surface area contributed by atoms with Crippen LogP contribution in [-0.2, 0) is 11.4 Å². The van der Waals surface area contributed by atoms with E-state index in [4.69, 9.17) is 38.8 Å². The lowest BCUT2D eigenvalue weighted by molar-refractivity contribution is -0.137. The second kappa shape index (κ2) is 7.49. The summed E-state index contributed by atoms with van der Waals surface area (Å²) in [6.07, 6.45) is -0.198. The van der Waals surface area contributed by atoms with Crippen LogP contribution in [0.3, 0.4) is 0 Å². The average Bonchev–Trinajstić information content (AvgIpc) is 2.46. The maximum Gasteiger partial charge on any atom is 0.305 e. The number of halogens is 2. The van der Waals surface area contributed by atoms with Gasteiger partial charge >= 0.3 is 5.97 Å². The Labute approximate surface area is 138 Å². The standard InChI is InChI=1S/C16H15Cl2NO3/c17-12-6-11(14(19)8-15(20)21)7-13(18)16(12)22-9-10-4-2-1-3-5-10/h1-7,14H,8-9,19H2,(H,20,21). The van der Waals surface area contributed by atoms with Crippen LogP contribution in [0.4, 0.5) is 0 Å². The van der Waals surface area contributed by atoms with Gasteiger partial charge in [-0.2, -0.15) is 0 Å². The number of hydrogen-bond donors (Lipinski definition) is 2. The van der Waals surface area contributed by atoms with Crippen molar-refractivity contribution in [2.45, 2.75) is 19.1 Å². The summed E-state index contributed by atoms with van der Waals surface area (Å²) in [7, 11) is 0. The molecule has 0 heterocycles. The van der Waals surface area contributed by atoms with E-state index >= 15 is 0 Å². The molecule has 1 atom stereocenters. The van der Waals surface area contributed by atoms with E-state index in [9.17, 15) is 4.79 Å². The van der Waals surface area contributed by atoms with Crippen LogP contribution in [0.1, 0.15) is 23.6 Å². The van der Waals surface area contributed by atoms with Crippen molar-refractivity contribution in [2.75, 3.05) is 0 Å². The molecule has 0 saturated heterocycles. The van der Waals surface area contributed by atoms with Crippen LogP contribution in [0.25, 0.3) is 0 Å². The first kappa shape index (κ1) is 16.6. The van der Waals surface area contributed by atoms with Crippen molar-refractivity contribution in [1.82, 2.24) is 0 Å². The number of ether oxygens (including phenoxy) is 1. The predicted octanol–water partition coefficient (Wildman–Crippen LogP) is 4.05. The van der Waals surface area contributed by atoms with Crippen LogP contribution in [0, 0.1) is 0 Å². The van der Waals surface area contributed by atoms with Gasteiger partial charge in [-0.25, -0.2) is 0 Å². The number of hydrogen-bond acceptors (Lipinski definition) is 3. The summed E-state index contributed by atoms with van der Waals surface area (Å²) in [6.45, 7) is 0.334. The van der Waals surface area contributed by atoms with Crippen molar-refractivity contribution >= 4 is 29.2 Å². The van der Waals surface area contributed by atoms with Crippen LogP contribution in [0.5, 0.6) is 5.75 Å². The molecule has 2 aromatic rings. The zero-order valence-corrected chi connectivity index (χ0v) is 13.1. The minimum Gasteiger partial charge on any atom is -0.486 e. The molecule has 0 aromatic heterocycles. The Hall–Kier alpha value is -1.75. The van der Waals surface area contributed by atoms with Gasteiger partial charge < -0.3 is 15.6 Å². The summed E-state index contributed by atoms with van der Waals surface area (Å²) in [5.41, 5.74) is 7.36. The average molecular weight is 340 g/mol. The molecule has 0 bridgehead atoms. The third kappa shape index (κ3) is 4.37. The van der Waals surface area contributed by atoms with Crippen molar-refractivity contribution in [2.24, 2.45) is 5.73 Å². The fourth-order valence-electron chi connectivity index (χ4n) is 1.97. The SMILES string of the molecule is NC(CC(=O)O)c1cc(Cl)c(OCc2ccccc2)c(Cl)c1. The molecule has 4 nitrogen and oxygen atoms in total. The van der Waals surface area contributed by atoms with E-state index in [0.717, 1.165) is 5.56 Å². The largest absolute Gasteiger partial charge is 0.486 e. The Morgan fingerprint density at radius 3 is 2.32 bits per heavy atom. The van der Waals surface area contributed by atoms with E-state index in [-0.39, 0.29) is 6.42 Å². The zero-order valence-electron chi connectivity index (χ0n) is 11.6. The van der Waals surface area contributed by atoms with Gasteiger partial charge in [0.2, 0.25) is 0 Å². The molecular weight excluding hydrogens is 325 g/mol. The highest BCUT2D eigenvalue weighted by atomic mass is 35.5. The van der Waals surface area contributed by atoms with E-state index in [1.165, 1.54) is 0 Å². The monoisotopic (exact) mass is 339 g/mol. The third-order valence-electron chi connectivity index (χ3n) is 3.07. The normalized spacial score (nSPS) is 12.0. The molecule has 0 amide bonds. The molecule has 6 heteroatoms. The fourth-order valence-corrected chi connectivity index (χ4v) is 2.58. The van der Waals surface area contributed by atoms with Crippen LogP contribution in [0.15, 0.2) is 42.5 Å². The number of benzene rings is 2. The molecule has 0 aliphatic heterocycles. The lowest BCUT2D eigenvalue weighted by Crippen LogP contribution is -2.15. The van der Waals surface area contributed by atoms with Gasteiger partial charge in [0.25, 0.3) is 0 Å². The summed E-state index contributed by atoms with van der Waals surface area (Å²) < 4.78 is 5.65. The highest BCUT2D eigenvalue weighted by Gasteiger charge is 2.16. The minimum absolute atomic E-state index is 0.198. The van der Waals surface area contributed by atoms with E-state index in [1.807, 2.05) is 30.3 Å². The maximum absolute atomic E-state index is 10.7. The number of aliphatic carboxylic acids is 1. The van der Waals surface area contributed by atoms with Crippen LogP contribution in [0.2, 0.25) is 10.0 Å². The van der Waals surface area contributed by atoms with Gasteiger partial charge in [0.15, 0.2) is 5.75 Å². The summed E-state index contributed by atoms with van der Waals surface area (Å²) in [5, 5.41) is 9.39. The second-order valence-electron chi connectivity index (χ2n) is 4.79. The molecule has 116 valence electrons. The molecular formula is C16H15Cl2NO3. The van der Waals surface area contributed by atoms with E-state index in [0.29, 0.717) is 28.0 Å². The van der Waals surface area contributed by atoms with Crippen molar-refractivity contribution < 1.29 is 14.6 Å². The maximum atomic E-state index is 10.7. The van der Waals surface area contributed by atoms with E-state index in [1.54, 1.807) is 12.1 Å². The van der Waals surface area contributed by atoms with Gasteiger partial charge in [-0.05, 0) is 23.3 Å². The smallest absolute Gasteiger partial charge is 0.305 e. The topological polar surface area (TPSA) is 72.6 Å². The molecule has 0 aliphatic rings. The van der Waals surface area contributed by atoms with Gasteiger partial charge in [-0.15, -0.1) is 0 Å². The number of rotatable bonds is 6. The molecule has 0 radical (unpaired) electrons. The summed E-state index contributed by atoms with van der Waals surface area (Å²) in [4.78, 5) is 10.7. The van der Waals surface area contributed by atoms with Crippen molar-refractivity contribution in [3.05, 3.63) is 63.6 Å². The van der Waals surface area contributed by atoms with Crippen molar-refractivity contribution in [1.29, 1.82) is 0 Å². The van der Waals surface area contributed by atoms with Crippen LogP contribution >= 0.6 is 23.2 Å². The number of carboxylic acid groups (broad SMARTS) is 1. The predicted molar refractivity (Wildman–Crippen MR) is 86.4 cm³/mol. The Morgan fingerprint density at radius 1 is 1.18 bits per heavy atom. The summed E-state index contributed by atoms with van der Waals surface area (Å²) in [5.74, 6) is -0.623. The first-order valence-corrected chi connectivity index (χ1v) is 7.36. The quantitative estimate of drug-likeness (QED) is 0.832. The fraction of sp³-hybridized carbons (Fsp3) is 0.188. The highest BCUT2D eigenvalue weighted by Crippen LogP contribution is 2.36. The third-order valence-corrected chi connectivity index (χ3v) is 3.63. The van der Waals surface area contributed by atoms with Crippen molar-refractivity contribution in [3.63, 3.8) is 0 Å².